The predicted octanol–water partition coefficient (Wildman–Crippen LogP) is 2.61. The molecule has 3 N–H and O–H groups in total. The summed E-state index contributed by atoms with van der Waals surface area (Å²) in [6.45, 7) is 0.347. The molecule has 18 heavy (non-hydrogen) atoms. The van der Waals surface area contributed by atoms with Gasteiger partial charge in [0.25, 0.3) is 0 Å². The number of sulfonamides is 1. The first kappa shape index (κ1) is 15.9. The molecule has 4 nitrogen and oxygen atoms in total. The quantitative estimate of drug-likeness (QED) is 0.622. The number of hydrogen-bond donors (Lipinski definition) is 2. The first-order valence-corrected chi connectivity index (χ1v) is 8.75. The minimum atomic E-state index is -3.70. The summed E-state index contributed by atoms with van der Waals surface area (Å²) in [7, 11) is -3.70. The van der Waals surface area contributed by atoms with E-state index < -0.39 is 10.0 Å². The maximum atomic E-state index is 12.0. The molecule has 102 valence electrons. The summed E-state index contributed by atoms with van der Waals surface area (Å²) in [4.78, 5) is -0.121. The maximum absolute atomic E-state index is 12.0. The Morgan fingerprint density at radius 3 is 2.39 bits per heavy atom. The molecule has 0 aliphatic heterocycles. The molecule has 0 saturated heterocycles. The Morgan fingerprint density at radius 1 is 1.33 bits per heavy atom. The summed E-state index contributed by atoms with van der Waals surface area (Å²) in [5.41, 5.74) is 5.85. The van der Waals surface area contributed by atoms with E-state index in [4.69, 9.17) is 28.9 Å². The van der Waals surface area contributed by atoms with Gasteiger partial charge in [0.15, 0.2) is 0 Å². The summed E-state index contributed by atoms with van der Waals surface area (Å²) in [6.07, 6.45) is 2.70. The fourth-order valence-corrected chi connectivity index (χ4v) is 4.07. The van der Waals surface area contributed by atoms with Gasteiger partial charge in [-0.15, -0.1) is 0 Å². The zero-order valence-corrected chi connectivity index (χ0v) is 12.9. The topological polar surface area (TPSA) is 72.2 Å². The van der Waals surface area contributed by atoms with Crippen LogP contribution in [-0.4, -0.2) is 27.0 Å². The number of rotatable bonds is 6. The fourth-order valence-electron chi connectivity index (χ4n) is 1.33. The van der Waals surface area contributed by atoms with Crippen LogP contribution in [0.1, 0.15) is 6.42 Å². The molecule has 0 saturated carbocycles. The first-order chi connectivity index (χ1) is 8.38. The van der Waals surface area contributed by atoms with Crippen LogP contribution in [0.25, 0.3) is 0 Å². The molecule has 0 bridgehead atoms. The zero-order chi connectivity index (χ0) is 13.8. The third-order valence-electron chi connectivity index (χ3n) is 2.11. The maximum Gasteiger partial charge on any atom is 0.243 e. The number of halogens is 2. The summed E-state index contributed by atoms with van der Waals surface area (Å²) >= 11 is 13.4. The Balaban J connectivity index is 2.92. The van der Waals surface area contributed by atoms with Gasteiger partial charge in [0.1, 0.15) is 4.90 Å². The molecule has 0 radical (unpaired) electrons. The van der Waals surface area contributed by atoms with Gasteiger partial charge in [0, 0.05) is 12.2 Å². The number of thioether (sulfide) groups is 1. The summed E-state index contributed by atoms with van der Waals surface area (Å²) in [5, 5.41) is 0.0507. The minimum absolute atomic E-state index is 0.0253. The summed E-state index contributed by atoms with van der Waals surface area (Å²) < 4.78 is 26.5. The summed E-state index contributed by atoms with van der Waals surface area (Å²) in [5.74, 6) is 0.881. The van der Waals surface area contributed by atoms with Crippen LogP contribution in [0.5, 0.6) is 0 Å². The zero-order valence-electron chi connectivity index (χ0n) is 9.74. The Morgan fingerprint density at radius 2 is 1.89 bits per heavy atom. The number of nitrogens with one attached hydrogen (secondary N) is 1. The van der Waals surface area contributed by atoms with Crippen molar-refractivity contribution in [1.82, 2.24) is 4.72 Å². The van der Waals surface area contributed by atoms with Crippen LogP contribution in [0.2, 0.25) is 10.0 Å². The molecule has 0 atom stereocenters. The smallest absolute Gasteiger partial charge is 0.243 e. The number of anilines is 1. The van der Waals surface area contributed by atoms with Crippen molar-refractivity contribution < 1.29 is 8.42 Å². The Labute approximate surface area is 121 Å². The highest BCUT2D eigenvalue weighted by atomic mass is 35.5. The average molecular weight is 329 g/mol. The lowest BCUT2D eigenvalue weighted by molar-refractivity contribution is 0.581. The van der Waals surface area contributed by atoms with Crippen molar-refractivity contribution in [3.05, 3.63) is 22.2 Å². The first-order valence-electron chi connectivity index (χ1n) is 5.11. The minimum Gasteiger partial charge on any atom is -0.399 e. The van der Waals surface area contributed by atoms with Crippen LogP contribution in [0.4, 0.5) is 5.69 Å². The van der Waals surface area contributed by atoms with Gasteiger partial charge in [0.05, 0.1) is 10.0 Å². The lowest BCUT2D eigenvalue weighted by Crippen LogP contribution is -2.25. The van der Waals surface area contributed by atoms with Crippen molar-refractivity contribution in [2.45, 2.75) is 11.3 Å². The Hall–Kier alpha value is -0.140. The monoisotopic (exact) mass is 328 g/mol. The van der Waals surface area contributed by atoms with E-state index in [0.29, 0.717) is 12.2 Å². The molecule has 0 aliphatic rings. The predicted molar refractivity (Wildman–Crippen MR) is 79.1 cm³/mol. The van der Waals surface area contributed by atoms with Crippen LogP contribution in [0.3, 0.4) is 0 Å². The number of benzene rings is 1. The van der Waals surface area contributed by atoms with Gasteiger partial charge in [-0.1, -0.05) is 23.2 Å². The number of nitrogens with two attached hydrogens (primary N) is 1. The van der Waals surface area contributed by atoms with E-state index in [-0.39, 0.29) is 14.9 Å². The van der Waals surface area contributed by atoms with Crippen molar-refractivity contribution in [3.8, 4) is 0 Å². The normalized spacial score (nSPS) is 11.7. The van der Waals surface area contributed by atoms with E-state index in [9.17, 15) is 8.42 Å². The van der Waals surface area contributed by atoms with Gasteiger partial charge >= 0.3 is 0 Å². The standard InChI is InChI=1S/C10H14Cl2N2O2S2/c1-17-4-2-3-14-18(15,16)10-8(11)5-7(13)6-9(10)12/h5-6,14H,2-4,13H2,1H3. The molecule has 1 aromatic rings. The van der Waals surface area contributed by atoms with Gasteiger partial charge in [-0.3, -0.25) is 0 Å². The highest BCUT2D eigenvalue weighted by molar-refractivity contribution is 7.98. The molecule has 0 fully saturated rings. The third-order valence-corrected chi connectivity index (χ3v) is 5.19. The van der Waals surface area contributed by atoms with Crippen LogP contribution in [0, 0.1) is 0 Å². The average Bonchev–Trinajstić information content (AvgIpc) is 2.22. The largest absolute Gasteiger partial charge is 0.399 e. The molecule has 0 spiro atoms. The molecule has 0 heterocycles. The second kappa shape index (κ2) is 6.86. The summed E-state index contributed by atoms with van der Waals surface area (Å²) in [6, 6.07) is 2.73. The van der Waals surface area contributed by atoms with E-state index in [1.165, 1.54) is 12.1 Å². The lowest BCUT2D eigenvalue weighted by Gasteiger charge is -2.10. The molecule has 1 rings (SSSR count). The van der Waals surface area contributed by atoms with E-state index in [1.807, 2.05) is 6.26 Å². The second-order valence-corrected chi connectivity index (χ2v) is 7.06. The fraction of sp³-hybridized carbons (Fsp3) is 0.400. The van der Waals surface area contributed by atoms with Crippen molar-refractivity contribution in [2.24, 2.45) is 0 Å². The van der Waals surface area contributed by atoms with E-state index in [1.54, 1.807) is 11.8 Å². The van der Waals surface area contributed by atoms with Gasteiger partial charge in [0.2, 0.25) is 10.0 Å². The second-order valence-electron chi connectivity index (χ2n) is 3.56. The molecule has 0 amide bonds. The molecular weight excluding hydrogens is 315 g/mol. The van der Waals surface area contributed by atoms with Gasteiger partial charge in [-0.2, -0.15) is 11.8 Å². The van der Waals surface area contributed by atoms with E-state index in [0.717, 1.165) is 12.2 Å². The van der Waals surface area contributed by atoms with Crippen LogP contribution < -0.4 is 10.5 Å². The van der Waals surface area contributed by atoms with E-state index in [2.05, 4.69) is 4.72 Å². The molecule has 0 aliphatic carbocycles. The van der Waals surface area contributed by atoms with Gasteiger partial charge in [-0.05, 0) is 30.6 Å². The Bertz CT molecular complexity index is 498. The number of hydrogen-bond acceptors (Lipinski definition) is 4. The SMILES string of the molecule is CSCCCNS(=O)(=O)c1c(Cl)cc(N)cc1Cl. The number of nitrogen functional groups attached to an aromatic ring is 1. The third kappa shape index (κ3) is 4.20. The molecule has 0 unspecified atom stereocenters. The van der Waals surface area contributed by atoms with Crippen LogP contribution >= 0.6 is 35.0 Å². The molecule has 0 aromatic heterocycles. The highest BCUT2D eigenvalue weighted by Crippen LogP contribution is 2.31. The van der Waals surface area contributed by atoms with Gasteiger partial charge < -0.3 is 5.73 Å². The molecular formula is C10H14Cl2N2O2S2. The van der Waals surface area contributed by atoms with Gasteiger partial charge in [-0.25, -0.2) is 13.1 Å². The van der Waals surface area contributed by atoms with Crippen LogP contribution in [-0.2, 0) is 10.0 Å². The lowest BCUT2D eigenvalue weighted by atomic mass is 10.3. The molecule has 1 aromatic carbocycles. The van der Waals surface area contributed by atoms with Crippen molar-refractivity contribution in [3.63, 3.8) is 0 Å². The van der Waals surface area contributed by atoms with Crippen molar-refractivity contribution >= 4 is 50.7 Å². The Kier molecular flexibility index (Phi) is 6.07. The van der Waals surface area contributed by atoms with Crippen molar-refractivity contribution in [2.75, 3.05) is 24.3 Å². The van der Waals surface area contributed by atoms with Crippen LogP contribution in [0.15, 0.2) is 17.0 Å². The van der Waals surface area contributed by atoms with E-state index >= 15 is 0 Å². The van der Waals surface area contributed by atoms with Crippen molar-refractivity contribution in [1.29, 1.82) is 0 Å². The molecule has 8 heteroatoms. The highest BCUT2D eigenvalue weighted by Gasteiger charge is 2.21.